The normalized spacial score (nSPS) is 15.6. The summed E-state index contributed by atoms with van der Waals surface area (Å²) in [5.41, 5.74) is 0.717. The number of rotatable bonds is 2. The number of likely N-dealkylation sites (tertiary alicyclic amines) is 1. The Labute approximate surface area is 145 Å². The van der Waals surface area contributed by atoms with Crippen LogP contribution in [0.3, 0.4) is 0 Å². The molecule has 0 spiro atoms. The molecule has 1 saturated heterocycles. The largest absolute Gasteiger partial charge is 0.338 e. The molecule has 3 aromatic rings. The van der Waals surface area contributed by atoms with Gasteiger partial charge in [0.15, 0.2) is 0 Å². The van der Waals surface area contributed by atoms with Gasteiger partial charge >= 0.3 is 0 Å². The highest BCUT2D eigenvalue weighted by atomic mass is 32.1. The highest BCUT2D eigenvalue weighted by Gasteiger charge is 2.26. The van der Waals surface area contributed by atoms with Gasteiger partial charge in [-0.05, 0) is 30.4 Å². The Morgan fingerprint density at radius 3 is 2.72 bits per heavy atom. The number of aromatic amines is 1. The third-order valence-corrected chi connectivity index (χ3v) is 5.32. The van der Waals surface area contributed by atoms with Gasteiger partial charge in [0.05, 0.1) is 11.6 Å². The first-order chi connectivity index (χ1) is 12.1. The van der Waals surface area contributed by atoms with Crippen LogP contribution in [-0.2, 0) is 0 Å². The number of H-pyrrole nitrogens is 1. The van der Waals surface area contributed by atoms with Crippen molar-refractivity contribution in [3.8, 4) is 0 Å². The molecule has 1 aliphatic rings. The highest BCUT2D eigenvalue weighted by Crippen LogP contribution is 2.22. The van der Waals surface area contributed by atoms with Crippen LogP contribution in [0.5, 0.6) is 0 Å². The van der Waals surface area contributed by atoms with Crippen LogP contribution in [0.15, 0.2) is 39.4 Å². The zero-order valence-corrected chi connectivity index (χ0v) is 14.0. The minimum absolute atomic E-state index is 0.0638. The molecule has 0 aromatic carbocycles. The van der Waals surface area contributed by atoms with Crippen molar-refractivity contribution < 1.29 is 4.79 Å². The fourth-order valence-electron chi connectivity index (χ4n) is 3.06. The molecule has 128 valence electrons. The van der Waals surface area contributed by atoms with E-state index in [0.29, 0.717) is 41.7 Å². The number of nitrogens with one attached hydrogen (secondary N) is 1. The maximum Gasteiger partial charge on any atom is 0.287 e. The predicted octanol–water partition coefficient (Wildman–Crippen LogP) is 1.02. The summed E-state index contributed by atoms with van der Waals surface area (Å²) in [7, 11) is 0. The van der Waals surface area contributed by atoms with Crippen LogP contribution >= 0.6 is 11.3 Å². The molecule has 0 unspecified atom stereocenters. The first kappa shape index (κ1) is 15.7. The minimum atomic E-state index is -0.239. The van der Waals surface area contributed by atoms with Crippen LogP contribution in [0.1, 0.15) is 29.2 Å². The Morgan fingerprint density at radius 1 is 1.20 bits per heavy atom. The fourth-order valence-corrected chi connectivity index (χ4v) is 3.82. The van der Waals surface area contributed by atoms with Crippen LogP contribution < -0.4 is 11.1 Å². The van der Waals surface area contributed by atoms with E-state index < -0.39 is 0 Å². The minimum Gasteiger partial charge on any atom is -0.338 e. The molecule has 1 N–H and O–H groups in total. The van der Waals surface area contributed by atoms with Gasteiger partial charge in [-0.2, -0.15) is 0 Å². The molecule has 25 heavy (non-hydrogen) atoms. The molecule has 3 aromatic heterocycles. The number of fused-ring (bicyclic) bond motifs is 1. The summed E-state index contributed by atoms with van der Waals surface area (Å²) in [5.74, 6) is -0.123. The Hall–Kier alpha value is -2.81. The summed E-state index contributed by atoms with van der Waals surface area (Å²) >= 11 is 1.37. The highest BCUT2D eigenvalue weighted by molar-refractivity contribution is 7.17. The van der Waals surface area contributed by atoms with Gasteiger partial charge in [-0.1, -0.05) is 5.21 Å². The molecule has 0 aliphatic carbocycles. The van der Waals surface area contributed by atoms with Crippen LogP contribution in [0.2, 0.25) is 0 Å². The molecular formula is C16H15N5O3S. The second kappa shape index (κ2) is 6.25. The fraction of sp³-hybridized carbons (Fsp3) is 0.312. The van der Waals surface area contributed by atoms with Gasteiger partial charge in [-0.25, -0.2) is 4.68 Å². The third-order valence-electron chi connectivity index (χ3n) is 4.42. The Bertz CT molecular complexity index is 1030. The number of piperidine rings is 1. The van der Waals surface area contributed by atoms with E-state index in [1.807, 2.05) is 5.38 Å². The number of amides is 1. The number of hydrogen-bond acceptors (Lipinski definition) is 6. The van der Waals surface area contributed by atoms with Crippen molar-refractivity contribution in [3.63, 3.8) is 0 Å². The standard InChI is InChI=1S/C16H15N5O3S/c22-13-2-1-10(9-17-13)15(23)20-6-3-11(4-7-20)21-16(24)14-12(18-19-21)5-8-25-14/h1-2,5,8-9,11H,3-4,6-7H2,(H,17,22). The van der Waals surface area contributed by atoms with Crippen molar-refractivity contribution in [1.29, 1.82) is 0 Å². The van der Waals surface area contributed by atoms with Gasteiger partial charge in [0, 0.05) is 25.4 Å². The number of pyridine rings is 1. The molecule has 8 nitrogen and oxygen atoms in total. The second-order valence-electron chi connectivity index (χ2n) is 5.94. The summed E-state index contributed by atoms with van der Waals surface area (Å²) < 4.78 is 2.06. The average Bonchev–Trinajstić information content (AvgIpc) is 3.12. The molecular weight excluding hydrogens is 342 g/mol. The van der Waals surface area contributed by atoms with E-state index >= 15 is 0 Å². The summed E-state index contributed by atoms with van der Waals surface area (Å²) in [6.07, 6.45) is 2.71. The lowest BCUT2D eigenvalue weighted by Gasteiger charge is -2.32. The summed E-state index contributed by atoms with van der Waals surface area (Å²) in [6.45, 7) is 1.05. The number of aromatic nitrogens is 4. The van der Waals surface area contributed by atoms with E-state index in [4.69, 9.17) is 0 Å². The third kappa shape index (κ3) is 2.86. The Balaban J connectivity index is 1.50. The van der Waals surface area contributed by atoms with Crippen LogP contribution in [0.25, 0.3) is 10.2 Å². The predicted molar refractivity (Wildman–Crippen MR) is 92.9 cm³/mol. The topological polar surface area (TPSA) is 101 Å². The van der Waals surface area contributed by atoms with Crippen molar-refractivity contribution in [2.24, 2.45) is 0 Å². The van der Waals surface area contributed by atoms with Gasteiger partial charge < -0.3 is 9.88 Å². The molecule has 0 atom stereocenters. The summed E-state index contributed by atoms with van der Waals surface area (Å²) in [4.78, 5) is 40.3. The molecule has 4 rings (SSSR count). The number of carbonyl (C=O) groups excluding carboxylic acids is 1. The van der Waals surface area contributed by atoms with E-state index in [2.05, 4.69) is 15.3 Å². The van der Waals surface area contributed by atoms with E-state index in [1.165, 1.54) is 34.3 Å². The van der Waals surface area contributed by atoms with Crippen molar-refractivity contribution in [2.45, 2.75) is 18.9 Å². The molecule has 0 bridgehead atoms. The van der Waals surface area contributed by atoms with Crippen molar-refractivity contribution >= 4 is 27.5 Å². The Morgan fingerprint density at radius 2 is 2.00 bits per heavy atom. The van der Waals surface area contributed by atoms with Gasteiger partial charge in [-0.3, -0.25) is 14.4 Å². The molecule has 1 amide bonds. The first-order valence-corrected chi connectivity index (χ1v) is 8.82. The molecule has 4 heterocycles. The lowest BCUT2D eigenvalue weighted by Crippen LogP contribution is -2.41. The lowest BCUT2D eigenvalue weighted by molar-refractivity contribution is 0.0686. The van der Waals surface area contributed by atoms with Crippen molar-refractivity contribution in [1.82, 2.24) is 24.9 Å². The van der Waals surface area contributed by atoms with E-state index in [-0.39, 0.29) is 23.1 Å². The maximum absolute atomic E-state index is 12.5. The van der Waals surface area contributed by atoms with Crippen LogP contribution in [0, 0.1) is 0 Å². The van der Waals surface area contributed by atoms with Crippen molar-refractivity contribution in [3.05, 3.63) is 56.0 Å². The van der Waals surface area contributed by atoms with E-state index in [1.54, 1.807) is 11.0 Å². The molecule has 1 fully saturated rings. The molecule has 0 saturated carbocycles. The van der Waals surface area contributed by atoms with Gasteiger partial charge in [0.2, 0.25) is 5.56 Å². The zero-order chi connectivity index (χ0) is 17.4. The van der Waals surface area contributed by atoms with Gasteiger partial charge in [0.1, 0.15) is 10.2 Å². The van der Waals surface area contributed by atoms with Gasteiger partial charge in [-0.15, -0.1) is 16.4 Å². The smallest absolute Gasteiger partial charge is 0.287 e. The maximum atomic E-state index is 12.5. The lowest BCUT2D eigenvalue weighted by atomic mass is 10.0. The number of carbonyl (C=O) groups is 1. The number of thiophene rings is 1. The summed E-state index contributed by atoms with van der Waals surface area (Å²) in [6, 6.07) is 4.58. The first-order valence-electron chi connectivity index (χ1n) is 7.94. The Kier molecular flexibility index (Phi) is 3.92. The van der Waals surface area contributed by atoms with Gasteiger partial charge in [0.25, 0.3) is 11.5 Å². The van der Waals surface area contributed by atoms with E-state index in [0.717, 1.165) is 0 Å². The summed E-state index contributed by atoms with van der Waals surface area (Å²) in [5, 5.41) is 9.98. The number of nitrogens with zero attached hydrogens (tertiary/aromatic N) is 4. The van der Waals surface area contributed by atoms with Crippen LogP contribution in [0.4, 0.5) is 0 Å². The number of hydrogen-bond donors (Lipinski definition) is 1. The molecule has 1 aliphatic heterocycles. The SMILES string of the molecule is O=C(c1ccc(=O)[nH]c1)N1CCC(n2nnc3ccsc3c2=O)CC1. The quantitative estimate of drug-likeness (QED) is 0.738. The molecule has 0 radical (unpaired) electrons. The average molecular weight is 357 g/mol. The second-order valence-corrected chi connectivity index (χ2v) is 6.86. The van der Waals surface area contributed by atoms with E-state index in [9.17, 15) is 14.4 Å². The van der Waals surface area contributed by atoms with Crippen LogP contribution in [-0.4, -0.2) is 43.9 Å². The zero-order valence-electron chi connectivity index (χ0n) is 13.2. The van der Waals surface area contributed by atoms with Crippen molar-refractivity contribution in [2.75, 3.05) is 13.1 Å². The molecule has 9 heteroatoms. The monoisotopic (exact) mass is 357 g/mol.